The summed E-state index contributed by atoms with van der Waals surface area (Å²) in [6.45, 7) is 4.91. The van der Waals surface area contributed by atoms with Crippen LogP contribution in [-0.4, -0.2) is 29.5 Å². The molecule has 2 aliphatic rings. The third-order valence-electron chi connectivity index (χ3n) is 6.59. The van der Waals surface area contributed by atoms with Gasteiger partial charge in [0.15, 0.2) is 6.61 Å². The van der Waals surface area contributed by atoms with E-state index >= 15 is 0 Å². The minimum Gasteiger partial charge on any atom is -0.494 e. The third-order valence-corrected chi connectivity index (χ3v) is 7.40. The van der Waals surface area contributed by atoms with Gasteiger partial charge in [-0.25, -0.2) is 9.67 Å². The Morgan fingerprint density at radius 2 is 1.94 bits per heavy atom. The number of fused-ring (bicyclic) bond motifs is 1. The maximum Gasteiger partial charge on any atom is 0.262 e. The monoisotopic (exact) mass is 504 g/mol. The normalized spacial score (nSPS) is 17.8. The molecule has 1 saturated carbocycles. The number of amides is 1. The molecule has 0 spiro atoms. The average Bonchev–Trinajstić information content (AvgIpc) is 3.28. The van der Waals surface area contributed by atoms with Crippen LogP contribution in [0.1, 0.15) is 52.4 Å². The van der Waals surface area contributed by atoms with E-state index in [-0.39, 0.29) is 12.5 Å². The molecule has 3 aromatic rings. The zero-order chi connectivity index (χ0) is 24.9. The summed E-state index contributed by atoms with van der Waals surface area (Å²) in [4.78, 5) is 17.6. The van der Waals surface area contributed by atoms with Crippen LogP contribution in [0, 0.1) is 5.92 Å². The maximum absolute atomic E-state index is 11.9. The van der Waals surface area contributed by atoms with Crippen molar-refractivity contribution in [1.29, 1.82) is 0 Å². The Bertz CT molecular complexity index is 1310. The Morgan fingerprint density at radius 1 is 1.14 bits per heavy atom. The predicted octanol–water partition coefficient (Wildman–Crippen LogP) is 6.37. The van der Waals surface area contributed by atoms with Gasteiger partial charge in [0.25, 0.3) is 5.91 Å². The number of rotatable bonds is 7. The van der Waals surface area contributed by atoms with Crippen LogP contribution in [0.5, 0.6) is 11.5 Å². The highest BCUT2D eigenvalue weighted by molar-refractivity contribution is 7.07. The number of hydrogen-bond donors (Lipinski definition) is 1. The quantitative estimate of drug-likeness (QED) is 0.406. The van der Waals surface area contributed by atoms with Gasteiger partial charge < -0.3 is 14.8 Å². The standard InChI is InChI=1S/C28H32N4O3S/c1-3-5-19-6-9-22(10-7-19)31-32-25(20-8-15-26-24(16-20)30-27(33)17-35-26)18-36-28(32)29-21-11-13-23(14-12-21)34-4-2/h8,11-16,18-19H,3-7,9-10,17H2,1-2H3,(H,30,33). The Morgan fingerprint density at radius 3 is 2.69 bits per heavy atom. The maximum atomic E-state index is 11.9. The lowest BCUT2D eigenvalue weighted by Gasteiger charge is -2.22. The van der Waals surface area contributed by atoms with E-state index in [0.29, 0.717) is 18.0 Å². The highest BCUT2D eigenvalue weighted by Crippen LogP contribution is 2.33. The first kappa shape index (κ1) is 24.3. The molecule has 0 unspecified atom stereocenters. The molecule has 1 fully saturated rings. The van der Waals surface area contributed by atoms with Gasteiger partial charge in [0.2, 0.25) is 4.80 Å². The van der Waals surface area contributed by atoms with Crippen molar-refractivity contribution in [2.24, 2.45) is 16.0 Å². The third kappa shape index (κ3) is 5.54. The molecule has 1 aliphatic carbocycles. The number of aromatic nitrogens is 1. The summed E-state index contributed by atoms with van der Waals surface area (Å²) in [5.74, 6) is 2.17. The molecule has 7 nitrogen and oxygen atoms in total. The van der Waals surface area contributed by atoms with Crippen molar-refractivity contribution in [2.45, 2.75) is 52.4 Å². The van der Waals surface area contributed by atoms with Crippen molar-refractivity contribution in [3.05, 3.63) is 52.6 Å². The number of carbonyl (C=O) groups is 1. The summed E-state index contributed by atoms with van der Waals surface area (Å²) in [5, 5.41) is 10.1. The second-order valence-corrected chi connectivity index (χ2v) is 10.0. The highest BCUT2D eigenvalue weighted by atomic mass is 32.1. The number of thiazole rings is 1. The number of nitrogens with one attached hydrogen (secondary N) is 1. The van der Waals surface area contributed by atoms with Crippen molar-refractivity contribution < 1.29 is 14.3 Å². The van der Waals surface area contributed by atoms with Crippen LogP contribution in [0.3, 0.4) is 0 Å². The first-order valence-corrected chi connectivity index (χ1v) is 13.6. The van der Waals surface area contributed by atoms with E-state index in [4.69, 9.17) is 19.6 Å². The second-order valence-electron chi connectivity index (χ2n) is 9.20. The number of nitrogens with zero attached hydrogens (tertiary/aromatic N) is 3. The van der Waals surface area contributed by atoms with E-state index in [2.05, 4.69) is 17.6 Å². The molecule has 0 saturated heterocycles. The van der Waals surface area contributed by atoms with Crippen LogP contribution >= 0.6 is 11.3 Å². The van der Waals surface area contributed by atoms with E-state index in [1.54, 1.807) is 11.3 Å². The smallest absolute Gasteiger partial charge is 0.262 e. The fourth-order valence-electron chi connectivity index (χ4n) is 4.76. The first-order chi connectivity index (χ1) is 17.6. The first-order valence-electron chi connectivity index (χ1n) is 12.7. The Labute approximate surface area is 215 Å². The zero-order valence-electron chi connectivity index (χ0n) is 20.8. The van der Waals surface area contributed by atoms with Crippen molar-refractivity contribution in [1.82, 2.24) is 4.68 Å². The van der Waals surface area contributed by atoms with Gasteiger partial charge in [0, 0.05) is 16.7 Å². The fourth-order valence-corrected chi connectivity index (χ4v) is 5.61. The van der Waals surface area contributed by atoms with Crippen molar-refractivity contribution in [3.8, 4) is 22.8 Å². The van der Waals surface area contributed by atoms with Crippen LogP contribution in [-0.2, 0) is 4.79 Å². The van der Waals surface area contributed by atoms with Crippen molar-refractivity contribution in [2.75, 3.05) is 18.5 Å². The molecule has 0 bridgehead atoms. The lowest BCUT2D eigenvalue weighted by molar-refractivity contribution is -0.118. The molecule has 1 amide bonds. The molecule has 1 aromatic heterocycles. The predicted molar refractivity (Wildman–Crippen MR) is 144 cm³/mol. The summed E-state index contributed by atoms with van der Waals surface area (Å²) in [7, 11) is 0. The molecule has 1 aliphatic heterocycles. The second kappa shape index (κ2) is 11.1. The summed E-state index contributed by atoms with van der Waals surface area (Å²) in [6, 6.07) is 13.7. The Balaban J connectivity index is 1.53. The number of ether oxygens (including phenoxy) is 2. The molecule has 1 N–H and O–H groups in total. The molecule has 2 heterocycles. The Kier molecular flexibility index (Phi) is 7.51. The highest BCUT2D eigenvalue weighted by Gasteiger charge is 2.20. The minimum atomic E-state index is -0.145. The van der Waals surface area contributed by atoms with Crippen LogP contribution in [0.15, 0.2) is 57.9 Å². The van der Waals surface area contributed by atoms with Gasteiger partial charge in [0.05, 0.1) is 23.7 Å². The molecule has 0 atom stereocenters. The van der Waals surface area contributed by atoms with E-state index in [9.17, 15) is 4.79 Å². The van der Waals surface area contributed by atoms with E-state index in [1.165, 1.54) is 31.4 Å². The van der Waals surface area contributed by atoms with E-state index < -0.39 is 0 Å². The zero-order valence-corrected chi connectivity index (χ0v) is 21.6. The van der Waals surface area contributed by atoms with Crippen LogP contribution in [0.25, 0.3) is 11.3 Å². The molecular formula is C28H32N4O3S. The number of hydrogen-bond acceptors (Lipinski definition) is 6. The van der Waals surface area contributed by atoms with Crippen LogP contribution in [0.2, 0.25) is 0 Å². The van der Waals surface area contributed by atoms with Gasteiger partial charge >= 0.3 is 0 Å². The topological polar surface area (TPSA) is 77.2 Å². The number of benzene rings is 2. The van der Waals surface area contributed by atoms with Gasteiger partial charge in [-0.3, -0.25) is 4.79 Å². The summed E-state index contributed by atoms with van der Waals surface area (Å²) < 4.78 is 13.1. The van der Waals surface area contributed by atoms with Crippen LogP contribution < -0.4 is 19.6 Å². The van der Waals surface area contributed by atoms with E-state index in [0.717, 1.165) is 46.3 Å². The molecule has 5 rings (SSSR count). The summed E-state index contributed by atoms with van der Waals surface area (Å²) in [5.41, 5.74) is 4.63. The fraction of sp³-hybridized carbons (Fsp3) is 0.393. The van der Waals surface area contributed by atoms with Gasteiger partial charge in [-0.2, -0.15) is 5.10 Å². The lowest BCUT2D eigenvalue weighted by Crippen LogP contribution is -2.25. The number of anilines is 1. The van der Waals surface area contributed by atoms with Gasteiger partial charge in [0.1, 0.15) is 11.5 Å². The lowest BCUT2D eigenvalue weighted by atomic mass is 9.85. The van der Waals surface area contributed by atoms with Gasteiger partial charge in [-0.1, -0.05) is 19.8 Å². The van der Waals surface area contributed by atoms with Gasteiger partial charge in [-0.05, 0) is 81.0 Å². The van der Waals surface area contributed by atoms with Crippen molar-refractivity contribution in [3.63, 3.8) is 0 Å². The SMILES string of the molecule is CCCC1CCC(=Nn2c(-c3ccc4c(c3)NC(=O)CO4)csc2=Nc2ccc(OCC)cc2)CC1. The Hall–Kier alpha value is -3.39. The molecule has 36 heavy (non-hydrogen) atoms. The molecular weight excluding hydrogens is 472 g/mol. The number of carbonyl (C=O) groups excluding carboxylic acids is 1. The average molecular weight is 505 g/mol. The molecule has 2 aromatic carbocycles. The summed E-state index contributed by atoms with van der Waals surface area (Å²) >= 11 is 1.55. The van der Waals surface area contributed by atoms with E-state index in [1.807, 2.05) is 54.1 Å². The van der Waals surface area contributed by atoms with Crippen molar-refractivity contribution >= 4 is 34.3 Å². The molecule has 8 heteroatoms. The summed E-state index contributed by atoms with van der Waals surface area (Å²) in [6.07, 6.45) is 6.96. The molecule has 0 radical (unpaired) electrons. The van der Waals surface area contributed by atoms with Gasteiger partial charge in [-0.15, -0.1) is 11.3 Å². The minimum absolute atomic E-state index is 0.0442. The molecule has 188 valence electrons. The largest absolute Gasteiger partial charge is 0.494 e. The van der Waals surface area contributed by atoms with Crippen LogP contribution in [0.4, 0.5) is 11.4 Å².